The lowest BCUT2D eigenvalue weighted by Gasteiger charge is -2.35. The second-order valence-corrected chi connectivity index (χ2v) is 12.8. The number of piperidine rings is 1. The third-order valence-electron chi connectivity index (χ3n) is 8.49. The van der Waals surface area contributed by atoms with Crippen LogP contribution in [0.4, 0.5) is 33.5 Å². The molecule has 11 nitrogen and oxygen atoms in total. The molecule has 1 amide bonds. The molecule has 0 atom stereocenters. The van der Waals surface area contributed by atoms with Crippen molar-refractivity contribution >= 4 is 34.8 Å². The normalized spacial score (nSPS) is 17.1. The number of aromatic nitrogens is 3. The van der Waals surface area contributed by atoms with Gasteiger partial charge in [0.25, 0.3) is 0 Å². The molecule has 0 aliphatic carbocycles. The Morgan fingerprint density at radius 2 is 1.89 bits per heavy atom. The van der Waals surface area contributed by atoms with Gasteiger partial charge in [-0.3, -0.25) is 4.90 Å². The zero-order chi connectivity index (χ0) is 31.0. The highest BCUT2D eigenvalue weighted by atomic mass is 16.6. The highest BCUT2D eigenvalue weighted by Crippen LogP contribution is 2.40. The standard InChI is InChI=1S/C33H43N7O4/c1-6-22-17-24(7-8-27(22)38-13-10-25(41)11-14-38)36-31-35-18-23-9-12-39(20-26(23)37-31)28-19-34-30-29(21(28)2)40(15-16-43-30)32(42)44-33(3,4)5/h7-8,17-19,25,41H,6,9-16,20H2,1-5H3,(H,35,36,37). The summed E-state index contributed by atoms with van der Waals surface area (Å²) in [6.07, 6.45) is 6.49. The van der Waals surface area contributed by atoms with Crippen LogP contribution in [-0.4, -0.2) is 70.6 Å². The number of aliphatic hydroxyl groups is 1. The number of pyridine rings is 1. The molecule has 1 fully saturated rings. The van der Waals surface area contributed by atoms with Gasteiger partial charge in [0, 0.05) is 42.8 Å². The van der Waals surface area contributed by atoms with Crippen LogP contribution < -0.4 is 24.8 Å². The number of aliphatic hydroxyl groups excluding tert-OH is 1. The Morgan fingerprint density at radius 1 is 1.09 bits per heavy atom. The van der Waals surface area contributed by atoms with Crippen molar-refractivity contribution in [3.8, 4) is 5.88 Å². The number of nitrogens with zero attached hydrogens (tertiary/aromatic N) is 6. The number of anilines is 5. The number of rotatable bonds is 5. The van der Waals surface area contributed by atoms with Gasteiger partial charge in [-0.2, -0.15) is 0 Å². The molecule has 234 valence electrons. The minimum Gasteiger partial charge on any atom is -0.474 e. The fourth-order valence-electron chi connectivity index (χ4n) is 6.21. The minimum atomic E-state index is -0.603. The number of aryl methyl sites for hydroxylation is 1. The van der Waals surface area contributed by atoms with Crippen LogP contribution in [0.25, 0.3) is 0 Å². The zero-order valence-electron chi connectivity index (χ0n) is 26.4. The molecule has 3 aromatic rings. The summed E-state index contributed by atoms with van der Waals surface area (Å²) in [5.74, 6) is 1.01. The second-order valence-electron chi connectivity index (χ2n) is 12.8. The van der Waals surface area contributed by atoms with E-state index in [1.807, 2.05) is 40.1 Å². The van der Waals surface area contributed by atoms with E-state index in [9.17, 15) is 9.90 Å². The highest BCUT2D eigenvalue weighted by molar-refractivity contribution is 5.92. The van der Waals surface area contributed by atoms with Crippen LogP contribution in [0.5, 0.6) is 5.88 Å². The van der Waals surface area contributed by atoms with Gasteiger partial charge in [0.2, 0.25) is 11.8 Å². The predicted molar refractivity (Wildman–Crippen MR) is 171 cm³/mol. The van der Waals surface area contributed by atoms with Gasteiger partial charge in [0.05, 0.1) is 36.8 Å². The molecular weight excluding hydrogens is 558 g/mol. The number of hydrogen-bond donors (Lipinski definition) is 2. The quantitative estimate of drug-likeness (QED) is 0.407. The van der Waals surface area contributed by atoms with Gasteiger partial charge in [-0.15, -0.1) is 0 Å². The van der Waals surface area contributed by atoms with Gasteiger partial charge in [-0.05, 0) is 82.7 Å². The molecule has 0 spiro atoms. The zero-order valence-corrected chi connectivity index (χ0v) is 26.4. The molecule has 3 aliphatic heterocycles. The van der Waals surface area contributed by atoms with Crippen molar-refractivity contribution < 1.29 is 19.4 Å². The number of carbonyl (C=O) groups is 1. The van der Waals surface area contributed by atoms with Gasteiger partial charge in [0.15, 0.2) is 0 Å². The van der Waals surface area contributed by atoms with Gasteiger partial charge < -0.3 is 29.7 Å². The van der Waals surface area contributed by atoms with Crippen molar-refractivity contribution in [2.75, 3.05) is 52.8 Å². The Labute approximate surface area is 259 Å². The molecular formula is C33H43N7O4. The second kappa shape index (κ2) is 12.1. The Kier molecular flexibility index (Phi) is 8.24. The Morgan fingerprint density at radius 3 is 2.64 bits per heavy atom. The average molecular weight is 602 g/mol. The van der Waals surface area contributed by atoms with Gasteiger partial charge in [0.1, 0.15) is 17.9 Å². The van der Waals surface area contributed by atoms with Crippen LogP contribution in [0.1, 0.15) is 62.9 Å². The summed E-state index contributed by atoms with van der Waals surface area (Å²) in [5.41, 5.74) is 7.46. The first-order valence-corrected chi connectivity index (χ1v) is 15.6. The Bertz CT molecular complexity index is 1530. The van der Waals surface area contributed by atoms with Crippen molar-refractivity contribution in [2.24, 2.45) is 0 Å². The SMILES string of the molecule is CCc1cc(Nc2ncc3c(n2)CN(c2cnc4c(c2C)N(C(=O)OC(C)(C)C)CCO4)CC3)ccc1N1CCC(O)CC1. The van der Waals surface area contributed by atoms with E-state index in [2.05, 4.69) is 50.2 Å². The molecule has 1 saturated heterocycles. The summed E-state index contributed by atoms with van der Waals surface area (Å²) in [6, 6.07) is 6.42. The first-order valence-electron chi connectivity index (χ1n) is 15.6. The summed E-state index contributed by atoms with van der Waals surface area (Å²) in [4.78, 5) is 33.5. The fourth-order valence-corrected chi connectivity index (χ4v) is 6.21. The lowest BCUT2D eigenvalue weighted by molar-refractivity contribution is 0.0566. The molecule has 2 aromatic heterocycles. The third kappa shape index (κ3) is 6.24. The number of fused-ring (bicyclic) bond motifs is 2. The maximum atomic E-state index is 13.1. The molecule has 0 unspecified atom stereocenters. The highest BCUT2D eigenvalue weighted by Gasteiger charge is 2.33. The number of carbonyl (C=O) groups excluding carboxylic acids is 1. The summed E-state index contributed by atoms with van der Waals surface area (Å²) in [7, 11) is 0. The van der Waals surface area contributed by atoms with Crippen LogP contribution >= 0.6 is 0 Å². The van der Waals surface area contributed by atoms with Crippen LogP contribution in [0.2, 0.25) is 0 Å². The summed E-state index contributed by atoms with van der Waals surface area (Å²) in [6.45, 7) is 13.7. The number of ether oxygens (including phenoxy) is 2. The monoisotopic (exact) mass is 601 g/mol. The van der Waals surface area contributed by atoms with E-state index in [1.165, 1.54) is 11.3 Å². The minimum absolute atomic E-state index is 0.192. The number of benzene rings is 1. The molecule has 5 heterocycles. The summed E-state index contributed by atoms with van der Waals surface area (Å²) >= 11 is 0. The number of hydrogen-bond acceptors (Lipinski definition) is 10. The topological polar surface area (TPSA) is 116 Å². The van der Waals surface area contributed by atoms with E-state index in [-0.39, 0.29) is 6.10 Å². The van der Waals surface area contributed by atoms with Crippen molar-refractivity contribution in [1.29, 1.82) is 0 Å². The molecule has 0 saturated carbocycles. The Balaban J connectivity index is 1.20. The molecule has 3 aliphatic rings. The van der Waals surface area contributed by atoms with Gasteiger partial charge in [-0.1, -0.05) is 6.92 Å². The van der Waals surface area contributed by atoms with E-state index < -0.39 is 11.7 Å². The van der Waals surface area contributed by atoms with Crippen molar-refractivity contribution in [2.45, 2.75) is 78.6 Å². The van der Waals surface area contributed by atoms with Crippen molar-refractivity contribution in [3.05, 3.63) is 53.0 Å². The predicted octanol–water partition coefficient (Wildman–Crippen LogP) is 5.14. The van der Waals surface area contributed by atoms with Crippen LogP contribution in [0, 0.1) is 6.92 Å². The molecule has 11 heteroatoms. The van der Waals surface area contributed by atoms with Crippen molar-refractivity contribution in [1.82, 2.24) is 15.0 Å². The summed E-state index contributed by atoms with van der Waals surface area (Å²) in [5, 5.41) is 13.3. The maximum absolute atomic E-state index is 13.1. The third-order valence-corrected chi connectivity index (χ3v) is 8.49. The lowest BCUT2D eigenvalue weighted by atomic mass is 10.0. The fraction of sp³-hybridized carbons (Fsp3) is 0.515. The van der Waals surface area contributed by atoms with E-state index in [1.54, 1.807) is 4.90 Å². The largest absolute Gasteiger partial charge is 0.474 e. The number of nitrogens with one attached hydrogen (secondary N) is 1. The summed E-state index contributed by atoms with van der Waals surface area (Å²) < 4.78 is 11.5. The van der Waals surface area contributed by atoms with Crippen LogP contribution in [0.3, 0.4) is 0 Å². The van der Waals surface area contributed by atoms with Gasteiger partial charge >= 0.3 is 6.09 Å². The number of amides is 1. The molecule has 2 N–H and O–H groups in total. The van der Waals surface area contributed by atoms with Crippen LogP contribution in [0.15, 0.2) is 30.6 Å². The molecule has 0 radical (unpaired) electrons. The van der Waals surface area contributed by atoms with Crippen LogP contribution in [-0.2, 0) is 24.1 Å². The smallest absolute Gasteiger partial charge is 0.415 e. The van der Waals surface area contributed by atoms with E-state index in [0.29, 0.717) is 37.2 Å². The van der Waals surface area contributed by atoms with E-state index >= 15 is 0 Å². The average Bonchev–Trinajstić information content (AvgIpc) is 3.00. The van der Waals surface area contributed by atoms with Crippen molar-refractivity contribution in [3.63, 3.8) is 0 Å². The first-order chi connectivity index (χ1) is 21.1. The van der Waals surface area contributed by atoms with Gasteiger partial charge in [-0.25, -0.2) is 19.7 Å². The molecule has 1 aromatic carbocycles. The molecule has 6 rings (SSSR count). The molecule has 44 heavy (non-hydrogen) atoms. The molecule has 0 bridgehead atoms. The van der Waals surface area contributed by atoms with E-state index in [4.69, 9.17) is 14.5 Å². The maximum Gasteiger partial charge on any atom is 0.415 e. The lowest BCUT2D eigenvalue weighted by Crippen LogP contribution is -2.42. The Hall–Kier alpha value is -4.12. The van der Waals surface area contributed by atoms with E-state index in [0.717, 1.165) is 73.5 Å². The first kappa shape index (κ1) is 29.9.